The van der Waals surface area contributed by atoms with Crippen LogP contribution in [0, 0.1) is 0 Å². The maximum atomic E-state index is 12.6. The smallest absolute Gasteiger partial charge is 0.293 e. The maximum Gasteiger partial charge on any atom is 0.293 e. The lowest BCUT2D eigenvalue weighted by Crippen LogP contribution is -2.45. The number of carbonyl (C=O) groups is 1. The summed E-state index contributed by atoms with van der Waals surface area (Å²) in [5.41, 5.74) is 2.62. The van der Waals surface area contributed by atoms with Gasteiger partial charge in [-0.3, -0.25) is 10.1 Å². The van der Waals surface area contributed by atoms with Crippen LogP contribution in [0.25, 0.3) is 11.3 Å². The molecule has 32 heavy (non-hydrogen) atoms. The molecule has 0 saturated carbocycles. The number of nitrogens with zero attached hydrogens (tertiary/aromatic N) is 2. The van der Waals surface area contributed by atoms with Crippen LogP contribution in [0.4, 0.5) is 11.4 Å². The lowest BCUT2D eigenvalue weighted by atomic mass is 10.2. The SMILES string of the molecule is CN1CCN(c2ccccc2NC(=S)NC(=O)c2ccc(-c3ccc(Cl)c(Cl)c3)o2)CC1. The summed E-state index contributed by atoms with van der Waals surface area (Å²) in [6.45, 7) is 3.85. The zero-order valence-electron chi connectivity index (χ0n) is 17.4. The Kier molecular flexibility index (Phi) is 7.01. The van der Waals surface area contributed by atoms with Crippen molar-refractivity contribution in [3.8, 4) is 11.3 Å². The van der Waals surface area contributed by atoms with Gasteiger partial charge in [-0.25, -0.2) is 0 Å². The van der Waals surface area contributed by atoms with Crippen molar-refractivity contribution in [3.63, 3.8) is 0 Å². The number of nitrogens with one attached hydrogen (secondary N) is 2. The quantitative estimate of drug-likeness (QED) is 0.496. The number of rotatable bonds is 4. The molecule has 1 amide bonds. The van der Waals surface area contributed by atoms with Gasteiger partial charge in [-0.05, 0) is 61.7 Å². The molecule has 0 unspecified atom stereocenters. The molecule has 2 N–H and O–H groups in total. The fourth-order valence-corrected chi connectivity index (χ4v) is 3.99. The first-order chi connectivity index (χ1) is 15.4. The zero-order chi connectivity index (χ0) is 22.7. The van der Waals surface area contributed by atoms with E-state index in [1.54, 1.807) is 30.3 Å². The van der Waals surface area contributed by atoms with Crippen molar-refractivity contribution in [3.05, 3.63) is 70.4 Å². The number of para-hydroxylation sites is 2. The molecule has 0 aliphatic carbocycles. The highest BCUT2D eigenvalue weighted by atomic mass is 35.5. The Morgan fingerprint density at radius 3 is 2.50 bits per heavy atom. The number of hydrogen-bond acceptors (Lipinski definition) is 5. The molecule has 0 bridgehead atoms. The number of hydrogen-bond donors (Lipinski definition) is 2. The second-order valence-electron chi connectivity index (χ2n) is 7.51. The number of anilines is 2. The van der Waals surface area contributed by atoms with Gasteiger partial charge in [0.15, 0.2) is 10.9 Å². The first-order valence-electron chi connectivity index (χ1n) is 10.1. The molecule has 166 valence electrons. The molecular weight excluding hydrogens is 467 g/mol. The molecule has 1 saturated heterocycles. The summed E-state index contributed by atoms with van der Waals surface area (Å²) in [5, 5.41) is 6.89. The number of benzene rings is 2. The van der Waals surface area contributed by atoms with Crippen LogP contribution in [0.3, 0.4) is 0 Å². The fraction of sp³-hybridized carbons (Fsp3) is 0.217. The van der Waals surface area contributed by atoms with Crippen molar-refractivity contribution in [1.29, 1.82) is 0 Å². The molecule has 2 heterocycles. The van der Waals surface area contributed by atoms with E-state index in [0.29, 0.717) is 15.8 Å². The van der Waals surface area contributed by atoms with Crippen LogP contribution >= 0.6 is 35.4 Å². The van der Waals surface area contributed by atoms with Gasteiger partial charge in [-0.1, -0.05) is 35.3 Å². The maximum absolute atomic E-state index is 12.6. The highest BCUT2D eigenvalue weighted by molar-refractivity contribution is 7.80. The first-order valence-corrected chi connectivity index (χ1v) is 11.3. The van der Waals surface area contributed by atoms with Gasteiger partial charge in [0.25, 0.3) is 5.91 Å². The summed E-state index contributed by atoms with van der Waals surface area (Å²) in [6, 6.07) is 16.4. The van der Waals surface area contributed by atoms with Crippen LogP contribution in [0.1, 0.15) is 10.6 Å². The molecule has 0 radical (unpaired) electrons. The minimum absolute atomic E-state index is 0.141. The van der Waals surface area contributed by atoms with E-state index in [1.807, 2.05) is 24.3 Å². The minimum Gasteiger partial charge on any atom is -0.451 e. The number of piperazine rings is 1. The van der Waals surface area contributed by atoms with E-state index < -0.39 is 5.91 Å². The summed E-state index contributed by atoms with van der Waals surface area (Å²) in [6.07, 6.45) is 0. The van der Waals surface area contributed by atoms with Gasteiger partial charge in [-0.15, -0.1) is 0 Å². The van der Waals surface area contributed by atoms with E-state index in [0.717, 1.165) is 43.1 Å². The van der Waals surface area contributed by atoms with Crippen molar-refractivity contribution in [2.45, 2.75) is 0 Å². The first kappa shape index (κ1) is 22.6. The predicted octanol–water partition coefficient (Wildman–Crippen LogP) is 5.13. The highest BCUT2D eigenvalue weighted by Gasteiger charge is 2.18. The standard InChI is InChI=1S/C23H22Cl2N4O2S/c1-28-10-12-29(13-11-28)19-5-3-2-4-18(19)26-23(32)27-22(30)21-9-8-20(31-21)15-6-7-16(24)17(25)14-15/h2-9,14H,10-13H2,1H3,(H2,26,27,30,32). The summed E-state index contributed by atoms with van der Waals surface area (Å²) < 4.78 is 5.69. The molecule has 0 atom stereocenters. The summed E-state index contributed by atoms with van der Waals surface area (Å²) in [5.74, 6) is 0.210. The largest absolute Gasteiger partial charge is 0.451 e. The van der Waals surface area contributed by atoms with E-state index in [2.05, 4.69) is 27.5 Å². The van der Waals surface area contributed by atoms with Crippen molar-refractivity contribution in [2.75, 3.05) is 43.4 Å². The lowest BCUT2D eigenvalue weighted by Gasteiger charge is -2.35. The van der Waals surface area contributed by atoms with Crippen LogP contribution < -0.4 is 15.5 Å². The Morgan fingerprint density at radius 2 is 1.75 bits per heavy atom. The lowest BCUT2D eigenvalue weighted by molar-refractivity contribution is 0.0951. The van der Waals surface area contributed by atoms with Crippen LogP contribution in [0.15, 0.2) is 59.0 Å². The number of likely N-dealkylation sites (N-methyl/N-ethyl adjacent to an activating group) is 1. The third-order valence-electron chi connectivity index (χ3n) is 5.26. The molecule has 1 fully saturated rings. The van der Waals surface area contributed by atoms with Crippen molar-refractivity contribution >= 4 is 57.8 Å². The van der Waals surface area contributed by atoms with Gasteiger partial charge in [-0.2, -0.15) is 0 Å². The molecule has 1 aliphatic rings. The number of halogens is 2. The molecular formula is C23H22Cl2N4O2S. The normalized spacial score (nSPS) is 14.3. The van der Waals surface area contributed by atoms with Crippen LogP contribution in [-0.2, 0) is 0 Å². The molecule has 9 heteroatoms. The molecule has 1 aliphatic heterocycles. The summed E-state index contributed by atoms with van der Waals surface area (Å²) in [7, 11) is 2.12. The Balaban J connectivity index is 1.41. The van der Waals surface area contributed by atoms with Crippen molar-refractivity contribution in [2.24, 2.45) is 0 Å². The Morgan fingerprint density at radius 1 is 1.00 bits per heavy atom. The molecule has 4 rings (SSSR count). The number of furan rings is 1. The molecule has 2 aromatic carbocycles. The third-order valence-corrected chi connectivity index (χ3v) is 6.20. The summed E-state index contributed by atoms with van der Waals surface area (Å²) >= 11 is 17.4. The average molecular weight is 489 g/mol. The van der Waals surface area contributed by atoms with Crippen LogP contribution in [0.5, 0.6) is 0 Å². The van der Waals surface area contributed by atoms with Crippen LogP contribution in [0.2, 0.25) is 10.0 Å². The van der Waals surface area contributed by atoms with E-state index in [-0.39, 0.29) is 10.9 Å². The number of amides is 1. The van der Waals surface area contributed by atoms with Gasteiger partial charge in [0.05, 0.1) is 21.4 Å². The summed E-state index contributed by atoms with van der Waals surface area (Å²) in [4.78, 5) is 17.2. The van der Waals surface area contributed by atoms with Crippen LogP contribution in [-0.4, -0.2) is 49.1 Å². The van der Waals surface area contributed by atoms with Gasteiger partial charge >= 0.3 is 0 Å². The topological polar surface area (TPSA) is 60.8 Å². The van der Waals surface area contributed by atoms with Gasteiger partial charge in [0, 0.05) is 31.7 Å². The van der Waals surface area contributed by atoms with Crippen molar-refractivity contribution in [1.82, 2.24) is 10.2 Å². The molecule has 3 aromatic rings. The Labute approximate surface area is 202 Å². The van der Waals surface area contributed by atoms with E-state index >= 15 is 0 Å². The second kappa shape index (κ2) is 9.92. The van der Waals surface area contributed by atoms with Gasteiger partial charge < -0.3 is 19.5 Å². The molecule has 0 spiro atoms. The zero-order valence-corrected chi connectivity index (χ0v) is 19.7. The minimum atomic E-state index is -0.439. The second-order valence-corrected chi connectivity index (χ2v) is 8.73. The van der Waals surface area contributed by atoms with Gasteiger partial charge in [0.2, 0.25) is 0 Å². The monoisotopic (exact) mass is 488 g/mol. The Bertz CT molecular complexity index is 1140. The number of carbonyl (C=O) groups excluding carboxylic acids is 1. The molecule has 6 nitrogen and oxygen atoms in total. The van der Waals surface area contributed by atoms with Gasteiger partial charge in [0.1, 0.15) is 5.76 Å². The van der Waals surface area contributed by atoms with E-state index in [1.165, 1.54) is 0 Å². The highest BCUT2D eigenvalue weighted by Crippen LogP contribution is 2.30. The Hall–Kier alpha value is -2.58. The fourth-order valence-electron chi connectivity index (χ4n) is 3.49. The predicted molar refractivity (Wildman–Crippen MR) is 134 cm³/mol. The van der Waals surface area contributed by atoms with Crippen molar-refractivity contribution < 1.29 is 9.21 Å². The van der Waals surface area contributed by atoms with E-state index in [9.17, 15) is 4.79 Å². The third kappa shape index (κ3) is 5.24. The number of thiocarbonyl (C=S) groups is 1. The average Bonchev–Trinajstić information content (AvgIpc) is 3.27. The molecule has 1 aromatic heterocycles. The van der Waals surface area contributed by atoms with E-state index in [4.69, 9.17) is 39.8 Å².